The standard InChI is InChI=1S/C21H22N4S/c1-4-5-12-22-16-8-11-19-20(13-16)26-21-23-18(14-25(19)21)15-6-9-17(10-7-15)24(2)3/h4-11,13-14,22H,12H2,1-3H3/b5-4+. The van der Waals surface area contributed by atoms with Gasteiger partial charge >= 0.3 is 0 Å². The Kier molecular flexibility index (Phi) is 4.39. The average Bonchev–Trinajstić information content (AvgIpc) is 3.19. The lowest BCUT2D eigenvalue weighted by atomic mass is 10.1. The minimum atomic E-state index is 0.845. The van der Waals surface area contributed by atoms with Crippen molar-refractivity contribution in [1.82, 2.24) is 9.38 Å². The Balaban J connectivity index is 1.67. The third-order valence-corrected chi connectivity index (χ3v) is 5.45. The molecule has 0 saturated heterocycles. The fourth-order valence-electron chi connectivity index (χ4n) is 2.98. The summed E-state index contributed by atoms with van der Waals surface area (Å²) in [5.74, 6) is 0. The molecule has 4 nitrogen and oxygen atoms in total. The molecule has 4 aromatic rings. The van der Waals surface area contributed by atoms with Gasteiger partial charge in [0.05, 0.1) is 15.9 Å². The van der Waals surface area contributed by atoms with Gasteiger partial charge in [0.25, 0.3) is 0 Å². The van der Waals surface area contributed by atoms with Crippen LogP contribution in [0.5, 0.6) is 0 Å². The van der Waals surface area contributed by atoms with Crippen LogP contribution in [0.3, 0.4) is 0 Å². The third kappa shape index (κ3) is 3.06. The molecule has 26 heavy (non-hydrogen) atoms. The van der Waals surface area contributed by atoms with Crippen LogP contribution in [0.4, 0.5) is 11.4 Å². The smallest absolute Gasteiger partial charge is 0.195 e. The molecular formula is C21H22N4S. The first-order chi connectivity index (χ1) is 12.7. The summed E-state index contributed by atoms with van der Waals surface area (Å²) in [6.45, 7) is 2.88. The van der Waals surface area contributed by atoms with Gasteiger partial charge in [-0.15, -0.1) is 0 Å². The number of hydrogen-bond acceptors (Lipinski definition) is 4. The highest BCUT2D eigenvalue weighted by molar-refractivity contribution is 7.23. The molecule has 2 heterocycles. The number of rotatable bonds is 5. The number of thiazole rings is 1. The second-order valence-electron chi connectivity index (χ2n) is 6.45. The van der Waals surface area contributed by atoms with Crippen LogP contribution in [0.25, 0.3) is 26.4 Å². The van der Waals surface area contributed by atoms with Crippen LogP contribution >= 0.6 is 11.3 Å². The Morgan fingerprint density at radius 1 is 1.15 bits per heavy atom. The number of imidazole rings is 1. The van der Waals surface area contributed by atoms with Crippen LogP contribution < -0.4 is 10.2 Å². The van der Waals surface area contributed by atoms with Crippen molar-refractivity contribution in [3.8, 4) is 11.3 Å². The number of hydrogen-bond donors (Lipinski definition) is 1. The molecule has 0 spiro atoms. The Morgan fingerprint density at radius 3 is 2.69 bits per heavy atom. The van der Waals surface area contributed by atoms with Crippen LogP contribution in [0.1, 0.15) is 6.92 Å². The highest BCUT2D eigenvalue weighted by atomic mass is 32.1. The van der Waals surface area contributed by atoms with Gasteiger partial charge in [0, 0.05) is 43.8 Å². The van der Waals surface area contributed by atoms with Crippen molar-refractivity contribution in [2.75, 3.05) is 30.9 Å². The minimum absolute atomic E-state index is 0.845. The lowest BCUT2D eigenvalue weighted by molar-refractivity contribution is 1.13. The predicted octanol–water partition coefficient (Wildman–Crippen LogP) is 5.27. The molecule has 0 amide bonds. The molecule has 0 aliphatic rings. The van der Waals surface area contributed by atoms with E-state index in [2.05, 4.69) is 89.5 Å². The van der Waals surface area contributed by atoms with Crippen LogP contribution in [0, 0.1) is 0 Å². The molecule has 0 radical (unpaired) electrons. The minimum Gasteiger partial charge on any atom is -0.382 e. The quantitative estimate of drug-likeness (QED) is 0.491. The largest absolute Gasteiger partial charge is 0.382 e. The molecule has 132 valence electrons. The van der Waals surface area contributed by atoms with Crippen molar-refractivity contribution in [3.63, 3.8) is 0 Å². The van der Waals surface area contributed by atoms with Gasteiger partial charge in [0.15, 0.2) is 4.96 Å². The second kappa shape index (κ2) is 6.84. The van der Waals surface area contributed by atoms with Crippen molar-refractivity contribution in [2.45, 2.75) is 6.92 Å². The van der Waals surface area contributed by atoms with E-state index in [0.29, 0.717) is 0 Å². The van der Waals surface area contributed by atoms with Gasteiger partial charge < -0.3 is 10.2 Å². The molecule has 0 fully saturated rings. The van der Waals surface area contributed by atoms with Crippen molar-refractivity contribution < 1.29 is 0 Å². The number of allylic oxidation sites excluding steroid dienone is 1. The van der Waals surface area contributed by atoms with Crippen molar-refractivity contribution in [2.24, 2.45) is 0 Å². The van der Waals surface area contributed by atoms with E-state index in [1.807, 2.05) is 6.92 Å². The van der Waals surface area contributed by atoms with Crippen LogP contribution in [-0.2, 0) is 0 Å². The maximum atomic E-state index is 4.84. The van der Waals surface area contributed by atoms with Gasteiger partial charge in [-0.05, 0) is 37.3 Å². The van der Waals surface area contributed by atoms with E-state index >= 15 is 0 Å². The van der Waals surface area contributed by atoms with Gasteiger partial charge in [0.2, 0.25) is 0 Å². The third-order valence-electron chi connectivity index (χ3n) is 4.43. The maximum absolute atomic E-state index is 4.84. The first-order valence-corrected chi connectivity index (χ1v) is 9.52. The number of nitrogens with one attached hydrogen (secondary N) is 1. The molecule has 2 aromatic heterocycles. The van der Waals surface area contributed by atoms with Crippen LogP contribution in [0.2, 0.25) is 0 Å². The van der Waals surface area contributed by atoms with Gasteiger partial charge in [-0.2, -0.15) is 0 Å². The normalized spacial score (nSPS) is 11.7. The molecule has 2 aromatic carbocycles. The Labute approximate surface area is 157 Å². The highest BCUT2D eigenvalue weighted by Gasteiger charge is 2.11. The van der Waals surface area contributed by atoms with Gasteiger partial charge in [-0.1, -0.05) is 35.6 Å². The van der Waals surface area contributed by atoms with E-state index in [-0.39, 0.29) is 0 Å². The number of benzene rings is 2. The first-order valence-electron chi connectivity index (χ1n) is 8.70. The number of anilines is 2. The zero-order chi connectivity index (χ0) is 18.1. The lowest BCUT2D eigenvalue weighted by Gasteiger charge is -2.12. The molecule has 0 unspecified atom stereocenters. The molecule has 0 saturated carbocycles. The van der Waals surface area contributed by atoms with Crippen molar-refractivity contribution in [3.05, 3.63) is 60.8 Å². The second-order valence-corrected chi connectivity index (χ2v) is 7.46. The number of fused-ring (bicyclic) bond motifs is 3. The summed E-state index contributed by atoms with van der Waals surface area (Å²) >= 11 is 1.72. The topological polar surface area (TPSA) is 32.6 Å². The zero-order valence-corrected chi connectivity index (χ0v) is 16.0. The molecule has 0 aliphatic carbocycles. The summed E-state index contributed by atoms with van der Waals surface area (Å²) in [5.41, 5.74) is 5.69. The van der Waals surface area contributed by atoms with Crippen molar-refractivity contribution >= 4 is 37.9 Å². The van der Waals surface area contributed by atoms with Gasteiger partial charge in [-0.3, -0.25) is 4.40 Å². The summed E-state index contributed by atoms with van der Waals surface area (Å²) in [6, 6.07) is 15.0. The molecule has 0 aliphatic heterocycles. The monoisotopic (exact) mass is 362 g/mol. The van der Waals surface area contributed by atoms with E-state index in [1.54, 1.807) is 11.3 Å². The van der Waals surface area contributed by atoms with Crippen molar-refractivity contribution in [1.29, 1.82) is 0 Å². The van der Waals surface area contributed by atoms with E-state index in [4.69, 9.17) is 4.98 Å². The van der Waals surface area contributed by atoms with Crippen LogP contribution in [0.15, 0.2) is 60.8 Å². The van der Waals surface area contributed by atoms with E-state index in [0.717, 1.165) is 28.5 Å². The number of nitrogens with zero attached hydrogens (tertiary/aromatic N) is 3. The number of aromatic nitrogens is 2. The predicted molar refractivity (Wildman–Crippen MR) is 114 cm³/mol. The van der Waals surface area contributed by atoms with E-state index < -0.39 is 0 Å². The van der Waals surface area contributed by atoms with E-state index in [1.165, 1.54) is 15.9 Å². The summed E-state index contributed by atoms with van der Waals surface area (Å²) in [7, 11) is 4.10. The van der Waals surface area contributed by atoms with Gasteiger partial charge in [0.1, 0.15) is 0 Å². The Morgan fingerprint density at radius 2 is 1.96 bits per heavy atom. The SMILES string of the molecule is C/C=C/CNc1ccc2c(c1)sc1nc(-c3ccc(N(C)C)cc3)cn12. The summed E-state index contributed by atoms with van der Waals surface area (Å²) in [4.78, 5) is 7.96. The van der Waals surface area contributed by atoms with Gasteiger partial charge in [-0.25, -0.2) is 4.98 Å². The zero-order valence-electron chi connectivity index (χ0n) is 15.2. The molecule has 1 N–H and O–H groups in total. The fraction of sp³-hybridized carbons (Fsp3) is 0.190. The average molecular weight is 363 g/mol. The lowest BCUT2D eigenvalue weighted by Crippen LogP contribution is -2.07. The summed E-state index contributed by atoms with van der Waals surface area (Å²) < 4.78 is 3.43. The Hall–Kier alpha value is -2.79. The summed E-state index contributed by atoms with van der Waals surface area (Å²) in [6.07, 6.45) is 6.29. The summed E-state index contributed by atoms with van der Waals surface area (Å²) in [5, 5.41) is 3.41. The maximum Gasteiger partial charge on any atom is 0.195 e. The Bertz CT molecular complexity index is 1070. The van der Waals surface area contributed by atoms with E-state index in [9.17, 15) is 0 Å². The molecule has 0 bridgehead atoms. The molecule has 5 heteroatoms. The fourth-order valence-corrected chi connectivity index (χ4v) is 4.02. The highest BCUT2D eigenvalue weighted by Crippen LogP contribution is 2.31. The molecular weight excluding hydrogens is 340 g/mol. The first kappa shape index (κ1) is 16.7. The van der Waals surface area contributed by atoms with Crippen LogP contribution in [-0.4, -0.2) is 30.0 Å². The molecule has 4 rings (SSSR count). The molecule has 0 atom stereocenters.